The minimum atomic E-state index is -1.02. The monoisotopic (exact) mass is 417 g/mol. The average Bonchev–Trinajstić information content (AvgIpc) is 3.27. The molecule has 1 aliphatic heterocycles. The third kappa shape index (κ3) is 4.56. The van der Waals surface area contributed by atoms with Crippen molar-refractivity contribution in [2.75, 3.05) is 12.1 Å². The van der Waals surface area contributed by atoms with Gasteiger partial charge in [-0.3, -0.25) is 9.59 Å². The van der Waals surface area contributed by atoms with Gasteiger partial charge in [0, 0.05) is 22.9 Å². The van der Waals surface area contributed by atoms with Gasteiger partial charge in [-0.15, -0.1) is 0 Å². The molecule has 0 spiro atoms. The zero-order chi connectivity index (χ0) is 21.8. The topological polar surface area (TPSA) is 90.9 Å². The Labute approximate surface area is 178 Å². The highest BCUT2D eigenvalue weighted by Gasteiger charge is 2.21. The Balaban J connectivity index is 1.36. The summed E-state index contributed by atoms with van der Waals surface area (Å²) in [5.74, 6) is -0.147. The molecule has 0 radical (unpaired) electrons. The summed E-state index contributed by atoms with van der Waals surface area (Å²) in [6, 6.07) is 20.0. The molecule has 0 unspecified atom stereocenters. The van der Waals surface area contributed by atoms with Gasteiger partial charge < -0.3 is 19.5 Å². The highest BCUT2D eigenvalue weighted by molar-refractivity contribution is 6.09. The third-order valence-corrected chi connectivity index (χ3v) is 4.71. The fourth-order valence-corrected chi connectivity index (χ4v) is 3.01. The van der Waals surface area contributed by atoms with E-state index in [1.165, 1.54) is 19.1 Å². The minimum absolute atomic E-state index is 0.135. The number of ketones is 1. The van der Waals surface area contributed by atoms with Gasteiger partial charge in [0.05, 0.1) is 5.56 Å². The zero-order valence-corrected chi connectivity index (χ0v) is 16.7. The Morgan fingerprint density at radius 1 is 0.839 bits per heavy atom. The van der Waals surface area contributed by atoms with E-state index in [0.717, 1.165) is 0 Å². The van der Waals surface area contributed by atoms with E-state index in [0.29, 0.717) is 28.3 Å². The maximum absolute atomic E-state index is 12.5. The predicted molar refractivity (Wildman–Crippen MR) is 112 cm³/mol. The first-order valence-corrected chi connectivity index (χ1v) is 9.62. The van der Waals surface area contributed by atoms with Crippen molar-refractivity contribution in [1.82, 2.24) is 0 Å². The molecule has 3 aromatic carbocycles. The summed E-state index contributed by atoms with van der Waals surface area (Å²) >= 11 is 0. The molecule has 0 saturated carbocycles. The van der Waals surface area contributed by atoms with Crippen LogP contribution in [0.2, 0.25) is 0 Å². The van der Waals surface area contributed by atoms with Crippen molar-refractivity contribution in [3.8, 4) is 11.5 Å². The van der Waals surface area contributed by atoms with Crippen LogP contribution in [0.15, 0.2) is 72.8 Å². The predicted octanol–water partition coefficient (Wildman–Crippen LogP) is 3.83. The van der Waals surface area contributed by atoms with Gasteiger partial charge in [0.2, 0.25) is 6.79 Å². The molecule has 7 nitrogen and oxygen atoms in total. The van der Waals surface area contributed by atoms with E-state index in [1.807, 2.05) is 6.07 Å². The van der Waals surface area contributed by atoms with Gasteiger partial charge in [-0.05, 0) is 31.2 Å². The molecule has 0 fully saturated rings. The summed E-state index contributed by atoms with van der Waals surface area (Å²) in [5.41, 5.74) is 1.76. The number of amides is 1. The lowest BCUT2D eigenvalue weighted by Crippen LogP contribution is -2.30. The van der Waals surface area contributed by atoms with Gasteiger partial charge in [0.15, 0.2) is 23.4 Å². The second-order valence-electron chi connectivity index (χ2n) is 6.88. The standard InChI is InChI=1S/C24H19NO6/c1-15(23(27)25-19-11-12-20-21(13-19)30-14-29-20)31-24(28)18-9-7-17(8-10-18)22(26)16-5-3-2-4-6-16/h2-13,15H,14H2,1H3,(H,25,27)/t15-/m1/s1. The van der Waals surface area contributed by atoms with Crippen molar-refractivity contribution in [1.29, 1.82) is 0 Å². The molecule has 4 rings (SSSR count). The van der Waals surface area contributed by atoms with Crippen LogP contribution in [0.4, 0.5) is 5.69 Å². The van der Waals surface area contributed by atoms with Gasteiger partial charge in [0.1, 0.15) is 0 Å². The van der Waals surface area contributed by atoms with Crippen molar-refractivity contribution in [3.63, 3.8) is 0 Å². The number of ether oxygens (including phenoxy) is 3. The molecule has 3 aromatic rings. The van der Waals surface area contributed by atoms with E-state index in [4.69, 9.17) is 14.2 Å². The van der Waals surface area contributed by atoms with Gasteiger partial charge >= 0.3 is 5.97 Å². The lowest BCUT2D eigenvalue weighted by Gasteiger charge is -2.14. The molecule has 1 amide bonds. The van der Waals surface area contributed by atoms with Crippen molar-refractivity contribution >= 4 is 23.3 Å². The van der Waals surface area contributed by atoms with Crippen molar-refractivity contribution < 1.29 is 28.6 Å². The third-order valence-electron chi connectivity index (χ3n) is 4.71. The van der Waals surface area contributed by atoms with Crippen LogP contribution in [-0.4, -0.2) is 30.6 Å². The molecule has 1 heterocycles. The van der Waals surface area contributed by atoms with E-state index >= 15 is 0 Å². The van der Waals surface area contributed by atoms with Crippen LogP contribution < -0.4 is 14.8 Å². The van der Waals surface area contributed by atoms with E-state index in [1.54, 1.807) is 54.6 Å². The molecule has 1 atom stereocenters. The van der Waals surface area contributed by atoms with E-state index < -0.39 is 18.0 Å². The average molecular weight is 417 g/mol. The summed E-state index contributed by atoms with van der Waals surface area (Å²) in [6.07, 6.45) is -1.02. The highest BCUT2D eigenvalue weighted by Crippen LogP contribution is 2.34. The quantitative estimate of drug-likeness (QED) is 0.484. The van der Waals surface area contributed by atoms with Crippen LogP contribution in [0.3, 0.4) is 0 Å². The molecule has 0 aromatic heterocycles. The van der Waals surface area contributed by atoms with Crippen LogP contribution in [-0.2, 0) is 9.53 Å². The Morgan fingerprint density at radius 3 is 2.23 bits per heavy atom. The second-order valence-corrected chi connectivity index (χ2v) is 6.88. The molecule has 0 aliphatic carbocycles. The molecule has 1 aliphatic rings. The number of carbonyl (C=O) groups excluding carboxylic acids is 3. The number of benzene rings is 3. The molecule has 0 saturated heterocycles. The van der Waals surface area contributed by atoms with E-state index in [9.17, 15) is 14.4 Å². The minimum Gasteiger partial charge on any atom is -0.454 e. The molecular weight excluding hydrogens is 398 g/mol. The van der Waals surface area contributed by atoms with Crippen LogP contribution in [0.1, 0.15) is 33.2 Å². The first-order valence-electron chi connectivity index (χ1n) is 9.62. The Kier molecular flexibility index (Phi) is 5.66. The Morgan fingerprint density at radius 2 is 1.48 bits per heavy atom. The lowest BCUT2D eigenvalue weighted by atomic mass is 10.0. The largest absolute Gasteiger partial charge is 0.454 e. The number of fused-ring (bicyclic) bond motifs is 1. The summed E-state index contributed by atoms with van der Waals surface area (Å²) in [7, 11) is 0. The van der Waals surface area contributed by atoms with Gasteiger partial charge in [-0.1, -0.05) is 42.5 Å². The smallest absolute Gasteiger partial charge is 0.338 e. The maximum Gasteiger partial charge on any atom is 0.338 e. The van der Waals surface area contributed by atoms with E-state index in [2.05, 4.69) is 5.32 Å². The summed E-state index contributed by atoms with van der Waals surface area (Å²) in [5, 5.41) is 2.67. The first kappa shape index (κ1) is 20.2. The normalized spacial score (nSPS) is 12.7. The Bertz CT molecular complexity index is 1120. The molecule has 0 bridgehead atoms. The Hall–Kier alpha value is -4.13. The maximum atomic E-state index is 12.5. The van der Waals surface area contributed by atoms with Gasteiger partial charge in [0.25, 0.3) is 5.91 Å². The van der Waals surface area contributed by atoms with Crippen LogP contribution in [0.5, 0.6) is 11.5 Å². The number of anilines is 1. The number of nitrogens with one attached hydrogen (secondary N) is 1. The summed E-state index contributed by atoms with van der Waals surface area (Å²) in [6.45, 7) is 1.62. The SMILES string of the molecule is C[C@@H](OC(=O)c1ccc(C(=O)c2ccccc2)cc1)C(=O)Nc1ccc2c(c1)OCO2. The number of carbonyl (C=O) groups is 3. The lowest BCUT2D eigenvalue weighted by molar-refractivity contribution is -0.123. The highest BCUT2D eigenvalue weighted by atomic mass is 16.7. The number of hydrogen-bond acceptors (Lipinski definition) is 6. The van der Waals surface area contributed by atoms with Crippen LogP contribution in [0.25, 0.3) is 0 Å². The first-order chi connectivity index (χ1) is 15.0. The van der Waals surface area contributed by atoms with Crippen LogP contribution >= 0.6 is 0 Å². The van der Waals surface area contributed by atoms with Gasteiger partial charge in [-0.2, -0.15) is 0 Å². The second kappa shape index (κ2) is 8.71. The number of rotatable bonds is 6. The zero-order valence-electron chi connectivity index (χ0n) is 16.7. The van der Waals surface area contributed by atoms with Crippen molar-refractivity contribution in [2.24, 2.45) is 0 Å². The van der Waals surface area contributed by atoms with Gasteiger partial charge in [-0.25, -0.2) is 4.79 Å². The van der Waals surface area contributed by atoms with Crippen molar-refractivity contribution in [3.05, 3.63) is 89.5 Å². The molecule has 7 heteroatoms. The number of esters is 1. The fourth-order valence-electron chi connectivity index (χ4n) is 3.01. The molecular formula is C24H19NO6. The van der Waals surface area contributed by atoms with Crippen LogP contribution in [0, 0.1) is 0 Å². The van der Waals surface area contributed by atoms with E-state index in [-0.39, 0.29) is 18.1 Å². The molecule has 156 valence electrons. The van der Waals surface area contributed by atoms with Crippen molar-refractivity contribution in [2.45, 2.75) is 13.0 Å². The summed E-state index contributed by atoms with van der Waals surface area (Å²) in [4.78, 5) is 37.2. The molecule has 1 N–H and O–H groups in total. The fraction of sp³-hybridized carbons (Fsp3) is 0.125. The summed E-state index contributed by atoms with van der Waals surface area (Å²) < 4.78 is 15.8. The number of hydrogen-bond donors (Lipinski definition) is 1. The molecule has 31 heavy (non-hydrogen) atoms.